The molecule has 0 aliphatic rings. The Balaban J connectivity index is 3.18. The third-order valence-corrected chi connectivity index (χ3v) is 5.65. The topological polar surface area (TPSA) is 32.3 Å². The zero-order chi connectivity index (χ0) is 19.5. The maximum Gasteiger partial charge on any atom is 0.115 e. The van der Waals surface area contributed by atoms with Gasteiger partial charge in [-0.2, -0.15) is 0 Å². The second kappa shape index (κ2) is 18.3. The molecule has 26 heavy (non-hydrogen) atoms. The Morgan fingerprint density at radius 1 is 0.692 bits per heavy atom. The number of hydrogen-bond donors (Lipinski definition) is 2. The fourth-order valence-electron chi connectivity index (χ4n) is 3.48. The average Bonchev–Trinajstić information content (AvgIpc) is 2.61. The molecule has 0 aromatic carbocycles. The fourth-order valence-corrected chi connectivity index (χ4v) is 3.48. The Labute approximate surface area is 165 Å². The van der Waals surface area contributed by atoms with Gasteiger partial charge >= 0.3 is 0 Å². The van der Waals surface area contributed by atoms with Crippen LogP contribution < -0.4 is 5.32 Å². The zero-order valence-electron chi connectivity index (χ0n) is 18.7. The van der Waals surface area contributed by atoms with Crippen LogP contribution in [0.5, 0.6) is 0 Å². The van der Waals surface area contributed by atoms with Gasteiger partial charge in [-0.15, -0.1) is 0 Å². The van der Waals surface area contributed by atoms with Crippen molar-refractivity contribution in [1.82, 2.24) is 5.32 Å². The van der Waals surface area contributed by atoms with E-state index in [2.05, 4.69) is 33.3 Å². The van der Waals surface area contributed by atoms with Crippen molar-refractivity contribution < 1.29 is 9.59 Å². The van der Waals surface area contributed by atoms with Gasteiger partial charge in [-0.25, -0.2) is 0 Å². The highest BCUT2D eigenvalue weighted by Gasteiger charge is 2.17. The van der Waals surface area contributed by atoms with Crippen LogP contribution in [0.4, 0.5) is 0 Å². The standard InChI is InChI=1S/C23H51N2O/c1-5-7-8-9-10-11-12-13-14-15-16-17-18-19-20-24-21-23(26)22-25(3,4)6-2/h23-24,26H,5-22H2,1-4H3/q+1. The second-order valence-electron chi connectivity index (χ2n) is 8.89. The molecule has 0 aromatic rings. The molecule has 0 aromatic heterocycles. The van der Waals surface area contributed by atoms with E-state index in [-0.39, 0.29) is 6.10 Å². The summed E-state index contributed by atoms with van der Waals surface area (Å²) in [5.41, 5.74) is 0. The van der Waals surface area contributed by atoms with Crippen molar-refractivity contribution in [1.29, 1.82) is 0 Å². The number of aliphatic hydroxyl groups is 1. The minimum Gasteiger partial charge on any atom is -0.386 e. The van der Waals surface area contributed by atoms with Crippen molar-refractivity contribution in [3.05, 3.63) is 0 Å². The summed E-state index contributed by atoms with van der Waals surface area (Å²) in [6.07, 6.45) is 19.5. The lowest BCUT2D eigenvalue weighted by Gasteiger charge is -2.30. The Bertz CT molecular complexity index is 281. The average molecular weight is 372 g/mol. The van der Waals surface area contributed by atoms with E-state index in [0.29, 0.717) is 0 Å². The summed E-state index contributed by atoms with van der Waals surface area (Å²) in [4.78, 5) is 0. The van der Waals surface area contributed by atoms with Crippen LogP contribution in [0.1, 0.15) is 104 Å². The molecular formula is C23H51N2O+. The molecule has 1 atom stereocenters. The van der Waals surface area contributed by atoms with Crippen LogP contribution in [0.2, 0.25) is 0 Å². The van der Waals surface area contributed by atoms with Crippen molar-refractivity contribution >= 4 is 0 Å². The molecule has 158 valence electrons. The molecule has 0 radical (unpaired) electrons. The normalized spacial score (nSPS) is 13.3. The quantitative estimate of drug-likeness (QED) is 0.218. The number of aliphatic hydroxyl groups excluding tert-OH is 1. The van der Waals surface area contributed by atoms with E-state index in [1.54, 1.807) is 0 Å². The van der Waals surface area contributed by atoms with Crippen LogP contribution in [-0.2, 0) is 0 Å². The highest BCUT2D eigenvalue weighted by Crippen LogP contribution is 2.12. The molecule has 0 aliphatic heterocycles. The predicted octanol–water partition coefficient (Wildman–Crippen LogP) is 5.51. The minimum absolute atomic E-state index is 0.225. The molecule has 3 nitrogen and oxygen atoms in total. The number of quaternary nitrogens is 1. The maximum absolute atomic E-state index is 10.1. The monoisotopic (exact) mass is 371 g/mol. The largest absolute Gasteiger partial charge is 0.386 e. The highest BCUT2D eigenvalue weighted by atomic mass is 16.3. The van der Waals surface area contributed by atoms with Gasteiger partial charge in [0.15, 0.2) is 0 Å². The number of rotatable bonds is 20. The summed E-state index contributed by atoms with van der Waals surface area (Å²) in [7, 11) is 4.35. The summed E-state index contributed by atoms with van der Waals surface area (Å²) in [5, 5.41) is 13.5. The van der Waals surface area contributed by atoms with Crippen molar-refractivity contribution in [3.8, 4) is 0 Å². The maximum atomic E-state index is 10.1. The van der Waals surface area contributed by atoms with Gasteiger partial charge in [-0.3, -0.25) is 0 Å². The van der Waals surface area contributed by atoms with E-state index >= 15 is 0 Å². The van der Waals surface area contributed by atoms with Gasteiger partial charge < -0.3 is 14.9 Å². The zero-order valence-corrected chi connectivity index (χ0v) is 18.7. The number of likely N-dealkylation sites (N-methyl/N-ethyl adjacent to an activating group) is 1. The number of nitrogens with zero attached hydrogens (tertiary/aromatic N) is 1. The lowest BCUT2D eigenvalue weighted by Crippen LogP contribution is -2.47. The number of nitrogens with one attached hydrogen (secondary N) is 1. The van der Waals surface area contributed by atoms with Crippen LogP contribution >= 0.6 is 0 Å². The first kappa shape index (κ1) is 25.9. The highest BCUT2D eigenvalue weighted by molar-refractivity contribution is 4.59. The molecule has 3 heteroatoms. The van der Waals surface area contributed by atoms with E-state index in [1.165, 1.54) is 89.9 Å². The Hall–Kier alpha value is -0.120. The molecule has 2 N–H and O–H groups in total. The van der Waals surface area contributed by atoms with Gasteiger partial charge in [0.25, 0.3) is 0 Å². The summed E-state index contributed by atoms with van der Waals surface area (Å²) in [5.74, 6) is 0. The summed E-state index contributed by atoms with van der Waals surface area (Å²) >= 11 is 0. The summed E-state index contributed by atoms with van der Waals surface area (Å²) < 4.78 is 0.891. The van der Waals surface area contributed by atoms with E-state index in [1.807, 2.05) is 0 Å². The Morgan fingerprint density at radius 3 is 1.54 bits per heavy atom. The molecule has 0 amide bonds. The van der Waals surface area contributed by atoms with Gasteiger partial charge in [0.1, 0.15) is 12.6 Å². The molecule has 0 heterocycles. The molecule has 0 bridgehead atoms. The third-order valence-electron chi connectivity index (χ3n) is 5.65. The molecular weight excluding hydrogens is 320 g/mol. The minimum atomic E-state index is -0.225. The summed E-state index contributed by atoms with van der Waals surface area (Å²) in [6, 6.07) is 0. The van der Waals surface area contributed by atoms with Crippen molar-refractivity contribution in [2.45, 2.75) is 110 Å². The van der Waals surface area contributed by atoms with E-state index in [9.17, 15) is 5.11 Å². The number of unbranched alkanes of at least 4 members (excludes halogenated alkanes) is 13. The smallest absolute Gasteiger partial charge is 0.115 e. The molecule has 1 unspecified atom stereocenters. The molecule has 0 rings (SSSR count). The molecule has 0 spiro atoms. The van der Waals surface area contributed by atoms with Crippen molar-refractivity contribution in [2.24, 2.45) is 0 Å². The fraction of sp³-hybridized carbons (Fsp3) is 1.00. The SMILES string of the molecule is CCCCCCCCCCCCCCCCNCC(O)C[N+](C)(C)CC. The predicted molar refractivity (Wildman–Crippen MR) is 117 cm³/mol. The van der Waals surface area contributed by atoms with E-state index < -0.39 is 0 Å². The van der Waals surface area contributed by atoms with Gasteiger partial charge in [-0.1, -0.05) is 90.4 Å². The first-order valence-corrected chi connectivity index (χ1v) is 11.7. The molecule has 0 saturated heterocycles. The molecule has 0 saturated carbocycles. The van der Waals surface area contributed by atoms with Crippen LogP contribution in [0.3, 0.4) is 0 Å². The van der Waals surface area contributed by atoms with Crippen molar-refractivity contribution in [2.75, 3.05) is 40.3 Å². The van der Waals surface area contributed by atoms with Crippen LogP contribution in [0, 0.1) is 0 Å². The number of hydrogen-bond acceptors (Lipinski definition) is 2. The summed E-state index contributed by atoms with van der Waals surface area (Å²) in [6.45, 7) is 8.15. The van der Waals surface area contributed by atoms with Gasteiger partial charge in [0.05, 0.1) is 20.6 Å². The lowest BCUT2D eigenvalue weighted by atomic mass is 10.0. The van der Waals surface area contributed by atoms with Gasteiger partial charge in [0.2, 0.25) is 0 Å². The Kier molecular flexibility index (Phi) is 18.2. The molecule has 0 fully saturated rings. The van der Waals surface area contributed by atoms with E-state index in [4.69, 9.17) is 0 Å². The van der Waals surface area contributed by atoms with Gasteiger partial charge in [0, 0.05) is 6.54 Å². The third kappa shape index (κ3) is 18.7. The lowest BCUT2D eigenvalue weighted by molar-refractivity contribution is -0.891. The molecule has 0 aliphatic carbocycles. The van der Waals surface area contributed by atoms with Crippen LogP contribution in [-0.4, -0.2) is 56.0 Å². The van der Waals surface area contributed by atoms with Crippen LogP contribution in [0.15, 0.2) is 0 Å². The first-order chi connectivity index (χ1) is 12.5. The first-order valence-electron chi connectivity index (χ1n) is 11.7. The van der Waals surface area contributed by atoms with E-state index in [0.717, 1.165) is 30.7 Å². The Morgan fingerprint density at radius 2 is 1.12 bits per heavy atom. The van der Waals surface area contributed by atoms with Crippen molar-refractivity contribution in [3.63, 3.8) is 0 Å². The van der Waals surface area contributed by atoms with Gasteiger partial charge in [-0.05, 0) is 19.9 Å². The second-order valence-corrected chi connectivity index (χ2v) is 8.89. The van der Waals surface area contributed by atoms with Crippen LogP contribution in [0.25, 0.3) is 0 Å².